The van der Waals surface area contributed by atoms with Crippen molar-refractivity contribution in [2.45, 2.75) is 38.8 Å². The van der Waals surface area contributed by atoms with Crippen LogP contribution in [-0.2, 0) is 17.8 Å². The van der Waals surface area contributed by atoms with Gasteiger partial charge in [-0.2, -0.15) is 5.10 Å². The number of hydrogen-bond acceptors (Lipinski definition) is 4. The molecule has 1 aliphatic rings. The predicted molar refractivity (Wildman–Crippen MR) is 119 cm³/mol. The van der Waals surface area contributed by atoms with E-state index in [1.807, 2.05) is 35.9 Å². The van der Waals surface area contributed by atoms with E-state index in [0.29, 0.717) is 16.9 Å². The standard InChI is InChI=1S/C24H23N5O2/c1-16-13-26-29(20-12-6-8-17-7-2-3-9-18(17)20)24(16)27-22(30)15-28-21-11-5-4-10-19(21)25-14-23(28)31/h2-5,7,9-11,13-14,20H,6,8,12,15H2,1H3,(H,27,30). The molecule has 1 unspecified atom stereocenters. The van der Waals surface area contributed by atoms with E-state index in [2.05, 4.69) is 33.6 Å². The molecule has 2 aromatic heterocycles. The molecular formula is C24H23N5O2. The van der Waals surface area contributed by atoms with E-state index < -0.39 is 0 Å². The summed E-state index contributed by atoms with van der Waals surface area (Å²) in [4.78, 5) is 29.5. The van der Waals surface area contributed by atoms with Crippen molar-refractivity contribution in [2.24, 2.45) is 0 Å². The molecule has 2 aromatic carbocycles. The number of aromatic nitrogens is 4. The van der Waals surface area contributed by atoms with Crippen LogP contribution in [0, 0.1) is 6.92 Å². The van der Waals surface area contributed by atoms with E-state index in [0.717, 1.165) is 24.8 Å². The molecule has 1 atom stereocenters. The zero-order chi connectivity index (χ0) is 21.4. The predicted octanol–water partition coefficient (Wildman–Crippen LogP) is 3.47. The van der Waals surface area contributed by atoms with Crippen molar-refractivity contribution in [3.63, 3.8) is 0 Å². The van der Waals surface area contributed by atoms with Crippen LogP contribution in [0.5, 0.6) is 0 Å². The van der Waals surface area contributed by atoms with Crippen molar-refractivity contribution in [3.05, 3.63) is 88.0 Å². The van der Waals surface area contributed by atoms with E-state index in [4.69, 9.17) is 0 Å². The van der Waals surface area contributed by atoms with Gasteiger partial charge in [-0.3, -0.25) is 14.2 Å². The Bertz CT molecular complexity index is 1340. The number of amides is 1. The summed E-state index contributed by atoms with van der Waals surface area (Å²) in [6, 6.07) is 15.8. The lowest BCUT2D eigenvalue weighted by molar-refractivity contribution is -0.116. The van der Waals surface area contributed by atoms with E-state index in [1.165, 1.54) is 21.9 Å². The minimum atomic E-state index is -0.305. The van der Waals surface area contributed by atoms with Crippen LogP contribution in [0.25, 0.3) is 11.0 Å². The van der Waals surface area contributed by atoms with Gasteiger partial charge in [-0.05, 0) is 49.4 Å². The van der Waals surface area contributed by atoms with Crippen molar-refractivity contribution in [3.8, 4) is 0 Å². The van der Waals surface area contributed by atoms with Crippen molar-refractivity contribution < 1.29 is 4.79 Å². The molecular weight excluding hydrogens is 390 g/mol. The summed E-state index contributed by atoms with van der Waals surface area (Å²) in [6.45, 7) is 1.84. The molecule has 0 spiro atoms. The van der Waals surface area contributed by atoms with Gasteiger partial charge in [0.05, 0.1) is 29.5 Å². The zero-order valence-electron chi connectivity index (χ0n) is 17.3. The Kier molecular flexibility index (Phi) is 4.86. The first-order chi connectivity index (χ1) is 15.1. The highest BCUT2D eigenvalue weighted by Gasteiger charge is 2.25. The third-order valence-corrected chi connectivity index (χ3v) is 5.92. The monoisotopic (exact) mass is 413 g/mol. The van der Waals surface area contributed by atoms with E-state index >= 15 is 0 Å². The lowest BCUT2D eigenvalue weighted by Crippen LogP contribution is -2.29. The Morgan fingerprint density at radius 1 is 1.13 bits per heavy atom. The van der Waals surface area contributed by atoms with Gasteiger partial charge < -0.3 is 5.32 Å². The molecule has 0 saturated carbocycles. The second kappa shape index (κ2) is 7.83. The van der Waals surface area contributed by atoms with E-state index in [1.54, 1.807) is 12.3 Å². The highest BCUT2D eigenvalue weighted by molar-refractivity contribution is 5.91. The summed E-state index contributed by atoms with van der Waals surface area (Å²) in [6.07, 6.45) is 6.14. The fraction of sp³-hybridized carbons (Fsp3) is 0.250. The van der Waals surface area contributed by atoms with Crippen LogP contribution >= 0.6 is 0 Å². The third-order valence-electron chi connectivity index (χ3n) is 5.92. The van der Waals surface area contributed by atoms with Gasteiger partial charge in [0.15, 0.2) is 0 Å². The van der Waals surface area contributed by atoms with Gasteiger partial charge in [-0.1, -0.05) is 36.4 Å². The fourth-order valence-electron chi connectivity index (χ4n) is 4.42. The molecule has 0 saturated heterocycles. The van der Waals surface area contributed by atoms with Crippen LogP contribution in [0.3, 0.4) is 0 Å². The number of carbonyl (C=O) groups is 1. The molecule has 31 heavy (non-hydrogen) atoms. The molecule has 1 amide bonds. The summed E-state index contributed by atoms with van der Waals surface area (Å²) in [7, 11) is 0. The first-order valence-electron chi connectivity index (χ1n) is 10.5. The molecule has 2 heterocycles. The number of rotatable bonds is 4. The summed E-state index contributed by atoms with van der Waals surface area (Å²) in [5, 5.41) is 7.60. The topological polar surface area (TPSA) is 81.8 Å². The second-order valence-electron chi connectivity index (χ2n) is 7.95. The number of anilines is 1. The molecule has 7 heteroatoms. The number of nitrogens with zero attached hydrogens (tertiary/aromatic N) is 4. The lowest BCUT2D eigenvalue weighted by atomic mass is 9.88. The highest BCUT2D eigenvalue weighted by atomic mass is 16.2. The Morgan fingerprint density at radius 2 is 1.94 bits per heavy atom. The van der Waals surface area contributed by atoms with Crippen molar-refractivity contribution in [1.82, 2.24) is 19.3 Å². The first kappa shape index (κ1) is 19.2. The number of benzene rings is 2. The van der Waals surface area contributed by atoms with Crippen LogP contribution in [0.4, 0.5) is 5.82 Å². The second-order valence-corrected chi connectivity index (χ2v) is 7.95. The largest absolute Gasteiger partial charge is 0.309 e. The van der Waals surface area contributed by atoms with Crippen LogP contribution in [0.15, 0.2) is 65.7 Å². The van der Waals surface area contributed by atoms with Gasteiger partial charge >= 0.3 is 0 Å². The summed E-state index contributed by atoms with van der Waals surface area (Å²) in [5.41, 5.74) is 4.48. The molecule has 0 bridgehead atoms. The number of hydrogen-bond donors (Lipinski definition) is 1. The quantitative estimate of drug-likeness (QED) is 0.555. The first-order valence-corrected chi connectivity index (χ1v) is 10.5. The molecule has 0 aliphatic heterocycles. The molecule has 0 fully saturated rings. The van der Waals surface area contributed by atoms with Gasteiger partial charge in [0, 0.05) is 5.56 Å². The highest BCUT2D eigenvalue weighted by Crippen LogP contribution is 2.35. The molecule has 1 aliphatic carbocycles. The SMILES string of the molecule is Cc1cnn(C2CCCc3ccccc32)c1NC(=O)Cn1c(=O)cnc2ccccc21. The summed E-state index contributed by atoms with van der Waals surface area (Å²) < 4.78 is 3.36. The van der Waals surface area contributed by atoms with Gasteiger partial charge in [0.25, 0.3) is 5.56 Å². The van der Waals surface area contributed by atoms with Gasteiger partial charge in [0.2, 0.25) is 5.91 Å². The Labute approximate surface area is 179 Å². The maximum Gasteiger partial charge on any atom is 0.269 e. The van der Waals surface area contributed by atoms with E-state index in [-0.39, 0.29) is 24.1 Å². The third kappa shape index (κ3) is 3.52. The molecule has 5 rings (SSSR count). The van der Waals surface area contributed by atoms with E-state index in [9.17, 15) is 9.59 Å². The minimum Gasteiger partial charge on any atom is -0.309 e. The average Bonchev–Trinajstić information content (AvgIpc) is 3.15. The average molecular weight is 413 g/mol. The molecule has 4 aromatic rings. The molecule has 7 nitrogen and oxygen atoms in total. The van der Waals surface area contributed by atoms with Crippen molar-refractivity contribution >= 4 is 22.8 Å². The van der Waals surface area contributed by atoms with Gasteiger partial charge in [0.1, 0.15) is 12.4 Å². The number of para-hydroxylation sites is 2. The zero-order valence-corrected chi connectivity index (χ0v) is 17.3. The maximum absolute atomic E-state index is 13.0. The van der Waals surface area contributed by atoms with Crippen LogP contribution < -0.4 is 10.9 Å². The summed E-state index contributed by atoms with van der Waals surface area (Å²) >= 11 is 0. The normalized spacial score (nSPS) is 15.6. The molecule has 0 radical (unpaired) electrons. The smallest absolute Gasteiger partial charge is 0.269 e. The number of nitrogens with one attached hydrogen (secondary N) is 1. The molecule has 1 N–H and O–H groups in total. The van der Waals surface area contributed by atoms with Crippen LogP contribution in [-0.4, -0.2) is 25.2 Å². The molecule has 156 valence electrons. The minimum absolute atomic E-state index is 0.0819. The van der Waals surface area contributed by atoms with Crippen LogP contribution in [0.2, 0.25) is 0 Å². The Morgan fingerprint density at radius 3 is 2.84 bits per heavy atom. The summed E-state index contributed by atoms with van der Waals surface area (Å²) in [5.74, 6) is 0.408. The maximum atomic E-state index is 13.0. The number of carbonyl (C=O) groups excluding carboxylic acids is 1. The fourth-order valence-corrected chi connectivity index (χ4v) is 4.42. The van der Waals surface area contributed by atoms with Crippen LogP contribution in [0.1, 0.15) is 35.6 Å². The Balaban J connectivity index is 1.45. The Hall–Kier alpha value is -3.74. The number of aryl methyl sites for hydroxylation is 2. The van der Waals surface area contributed by atoms with Gasteiger partial charge in [-0.25, -0.2) is 9.67 Å². The lowest BCUT2D eigenvalue weighted by Gasteiger charge is -2.27. The van der Waals surface area contributed by atoms with Gasteiger partial charge in [-0.15, -0.1) is 0 Å². The van der Waals surface area contributed by atoms with Crippen molar-refractivity contribution in [1.29, 1.82) is 0 Å². The van der Waals surface area contributed by atoms with Crippen molar-refractivity contribution in [2.75, 3.05) is 5.32 Å². The number of fused-ring (bicyclic) bond motifs is 2.